The van der Waals surface area contributed by atoms with Gasteiger partial charge in [-0.1, -0.05) is 37.3 Å². The summed E-state index contributed by atoms with van der Waals surface area (Å²) < 4.78 is 0. The van der Waals surface area contributed by atoms with Gasteiger partial charge in [-0.25, -0.2) is 0 Å². The van der Waals surface area contributed by atoms with Crippen molar-refractivity contribution in [2.45, 2.75) is 63.2 Å². The summed E-state index contributed by atoms with van der Waals surface area (Å²) in [5.74, 6) is -1.67. The van der Waals surface area contributed by atoms with Crippen molar-refractivity contribution in [1.29, 1.82) is 0 Å². The maximum Gasteiger partial charge on any atom is 0.243 e. The highest BCUT2D eigenvalue weighted by atomic mass is 16.2. The van der Waals surface area contributed by atoms with Gasteiger partial charge in [0.2, 0.25) is 17.7 Å². The number of aldehydes is 1. The van der Waals surface area contributed by atoms with Gasteiger partial charge in [-0.2, -0.15) is 0 Å². The van der Waals surface area contributed by atoms with Crippen LogP contribution in [0, 0.1) is 0 Å². The second-order valence-electron chi connectivity index (χ2n) is 8.10. The molecular weight excluding hydrogens is 452 g/mol. The van der Waals surface area contributed by atoms with E-state index in [-0.39, 0.29) is 38.3 Å². The number of rotatable bonds is 16. The summed E-state index contributed by atoms with van der Waals surface area (Å²) in [6.45, 7) is 2.20. The number of hydrogen-bond donors (Lipinski definition) is 7. The largest absolute Gasteiger partial charge is 0.370 e. The van der Waals surface area contributed by atoms with Crippen LogP contribution in [0.15, 0.2) is 35.3 Å². The third-order valence-electron chi connectivity index (χ3n) is 5.22. The van der Waals surface area contributed by atoms with Crippen LogP contribution in [-0.2, 0) is 25.6 Å². The summed E-state index contributed by atoms with van der Waals surface area (Å²) in [5, 5.41) is 7.93. The molecule has 4 atom stereocenters. The predicted molar refractivity (Wildman–Crippen MR) is 134 cm³/mol. The second-order valence-corrected chi connectivity index (χ2v) is 8.10. The van der Waals surface area contributed by atoms with E-state index in [1.54, 1.807) is 6.92 Å². The predicted octanol–water partition coefficient (Wildman–Crippen LogP) is -1.98. The van der Waals surface area contributed by atoms with Crippen LogP contribution in [0.4, 0.5) is 0 Å². The molecule has 0 aromatic heterocycles. The standard InChI is InChI=1S/C23H38N8O4/c1-2-18(21(34)29-16(14-32)13-15-7-4-3-5-8-15)30-22(35)19(9-6-12-28-23(26)27)31-20(33)17(25)10-11-24/h3-5,7-8,14,16-19H,2,6,9-13,24-25H2,1H3,(H,29,34)(H,30,35)(H,31,33)(H4,26,27,28)/t16-,17-,18+,19+/m1/s1. The molecule has 194 valence electrons. The molecule has 0 spiro atoms. The van der Waals surface area contributed by atoms with Gasteiger partial charge >= 0.3 is 0 Å². The number of hydrogen-bond acceptors (Lipinski definition) is 7. The highest BCUT2D eigenvalue weighted by molar-refractivity contribution is 5.93. The van der Waals surface area contributed by atoms with Crippen LogP contribution >= 0.6 is 0 Å². The molecule has 0 heterocycles. The number of nitrogens with one attached hydrogen (secondary N) is 3. The molecule has 12 heteroatoms. The fraction of sp³-hybridized carbons (Fsp3) is 0.522. The van der Waals surface area contributed by atoms with E-state index in [0.29, 0.717) is 19.1 Å². The van der Waals surface area contributed by atoms with Gasteiger partial charge in [0, 0.05) is 6.54 Å². The molecule has 1 aromatic rings. The Labute approximate surface area is 205 Å². The van der Waals surface area contributed by atoms with Gasteiger partial charge in [-0.3, -0.25) is 19.4 Å². The first-order valence-electron chi connectivity index (χ1n) is 11.6. The molecule has 0 aliphatic carbocycles. The first-order valence-corrected chi connectivity index (χ1v) is 11.6. The number of aliphatic imine (C=N–C) groups is 1. The molecular formula is C23H38N8O4. The number of guanidine groups is 1. The first kappa shape index (κ1) is 29.5. The molecule has 1 rings (SSSR count). The van der Waals surface area contributed by atoms with E-state index in [0.717, 1.165) is 5.56 Å². The number of nitrogens with two attached hydrogens (primary N) is 4. The smallest absolute Gasteiger partial charge is 0.243 e. The van der Waals surface area contributed by atoms with Gasteiger partial charge in [0.15, 0.2) is 5.96 Å². The third kappa shape index (κ3) is 11.5. The molecule has 0 aliphatic rings. The quantitative estimate of drug-likeness (QED) is 0.0594. The van der Waals surface area contributed by atoms with Crippen molar-refractivity contribution in [3.8, 4) is 0 Å². The summed E-state index contributed by atoms with van der Waals surface area (Å²) in [6, 6.07) is 5.76. The fourth-order valence-corrected chi connectivity index (χ4v) is 3.27. The van der Waals surface area contributed by atoms with Crippen molar-refractivity contribution >= 4 is 30.0 Å². The zero-order valence-corrected chi connectivity index (χ0v) is 20.1. The number of benzene rings is 1. The Morgan fingerprint density at radius 2 is 1.60 bits per heavy atom. The third-order valence-corrected chi connectivity index (χ3v) is 5.22. The van der Waals surface area contributed by atoms with Crippen LogP contribution in [0.3, 0.4) is 0 Å². The van der Waals surface area contributed by atoms with Crippen molar-refractivity contribution in [1.82, 2.24) is 16.0 Å². The zero-order valence-electron chi connectivity index (χ0n) is 20.1. The number of nitrogens with zero attached hydrogens (tertiary/aromatic N) is 1. The Morgan fingerprint density at radius 3 is 2.17 bits per heavy atom. The van der Waals surface area contributed by atoms with E-state index in [2.05, 4.69) is 20.9 Å². The SMILES string of the molecule is CC[C@H](NC(=O)[C@H](CCCN=C(N)N)NC(=O)[C@H](N)CCN)C(=O)N[C@@H](C=O)Cc1ccccc1. The molecule has 0 bridgehead atoms. The lowest BCUT2D eigenvalue weighted by atomic mass is 10.1. The molecule has 3 amide bonds. The Kier molecular flexibility index (Phi) is 13.6. The van der Waals surface area contributed by atoms with Crippen molar-refractivity contribution in [2.24, 2.45) is 27.9 Å². The first-order chi connectivity index (χ1) is 16.7. The van der Waals surface area contributed by atoms with Crippen LogP contribution in [0.25, 0.3) is 0 Å². The van der Waals surface area contributed by atoms with E-state index >= 15 is 0 Å². The number of carbonyl (C=O) groups excluding carboxylic acids is 4. The van der Waals surface area contributed by atoms with Crippen LogP contribution in [-0.4, -0.2) is 67.2 Å². The van der Waals surface area contributed by atoms with Gasteiger partial charge in [0.05, 0.1) is 12.1 Å². The summed E-state index contributed by atoms with van der Waals surface area (Å²) in [6.07, 6.45) is 2.12. The molecule has 35 heavy (non-hydrogen) atoms. The number of amides is 3. The van der Waals surface area contributed by atoms with Crippen LogP contribution in [0.2, 0.25) is 0 Å². The molecule has 0 fully saturated rings. The average Bonchev–Trinajstić information content (AvgIpc) is 2.84. The van der Waals surface area contributed by atoms with Crippen LogP contribution in [0.1, 0.15) is 38.2 Å². The molecule has 0 saturated heterocycles. The minimum atomic E-state index is -0.964. The molecule has 0 radical (unpaired) electrons. The summed E-state index contributed by atoms with van der Waals surface area (Å²) in [7, 11) is 0. The highest BCUT2D eigenvalue weighted by Crippen LogP contribution is 2.05. The van der Waals surface area contributed by atoms with E-state index in [9.17, 15) is 19.2 Å². The van der Waals surface area contributed by atoms with Gasteiger partial charge < -0.3 is 43.7 Å². The van der Waals surface area contributed by atoms with Gasteiger partial charge in [-0.05, 0) is 44.2 Å². The van der Waals surface area contributed by atoms with Crippen LogP contribution in [0.5, 0.6) is 0 Å². The zero-order chi connectivity index (χ0) is 26.2. The summed E-state index contributed by atoms with van der Waals surface area (Å²) in [4.78, 5) is 53.5. The Bertz CT molecular complexity index is 845. The van der Waals surface area contributed by atoms with E-state index in [4.69, 9.17) is 22.9 Å². The minimum Gasteiger partial charge on any atom is -0.370 e. The summed E-state index contributed by atoms with van der Waals surface area (Å²) in [5.41, 5.74) is 22.8. The molecule has 0 unspecified atom stereocenters. The molecule has 0 aliphatic heterocycles. The highest BCUT2D eigenvalue weighted by Gasteiger charge is 2.28. The fourth-order valence-electron chi connectivity index (χ4n) is 3.27. The van der Waals surface area contributed by atoms with E-state index in [1.165, 1.54) is 0 Å². The topological polar surface area (TPSA) is 221 Å². The van der Waals surface area contributed by atoms with Gasteiger partial charge in [-0.15, -0.1) is 0 Å². The molecule has 1 aromatic carbocycles. The van der Waals surface area contributed by atoms with Crippen molar-refractivity contribution in [3.63, 3.8) is 0 Å². The van der Waals surface area contributed by atoms with Crippen LogP contribution < -0.4 is 38.9 Å². The maximum atomic E-state index is 13.0. The second kappa shape index (κ2) is 16.2. The van der Waals surface area contributed by atoms with Crippen molar-refractivity contribution in [2.75, 3.05) is 13.1 Å². The number of carbonyl (C=O) groups is 4. The lowest BCUT2D eigenvalue weighted by Gasteiger charge is -2.24. The Morgan fingerprint density at radius 1 is 0.971 bits per heavy atom. The van der Waals surface area contributed by atoms with Gasteiger partial charge in [0.25, 0.3) is 0 Å². The maximum absolute atomic E-state index is 13.0. The Hall–Kier alpha value is -3.51. The molecule has 0 saturated carbocycles. The average molecular weight is 491 g/mol. The monoisotopic (exact) mass is 490 g/mol. The van der Waals surface area contributed by atoms with E-state index in [1.807, 2.05) is 30.3 Å². The summed E-state index contributed by atoms with van der Waals surface area (Å²) >= 11 is 0. The normalized spacial score (nSPS) is 14.0. The molecule has 12 nitrogen and oxygen atoms in total. The lowest BCUT2D eigenvalue weighted by molar-refractivity contribution is -0.133. The minimum absolute atomic E-state index is 0.0806. The van der Waals surface area contributed by atoms with E-state index < -0.39 is 41.9 Å². The molecule has 11 N–H and O–H groups in total. The van der Waals surface area contributed by atoms with Gasteiger partial charge in [0.1, 0.15) is 18.4 Å². The van der Waals surface area contributed by atoms with Crippen molar-refractivity contribution < 1.29 is 19.2 Å². The lowest BCUT2D eigenvalue weighted by Crippen LogP contribution is -2.56. The van der Waals surface area contributed by atoms with Crippen molar-refractivity contribution in [3.05, 3.63) is 35.9 Å². The Balaban J connectivity index is 2.83.